The molecule has 4 aromatic rings. The monoisotopic (exact) mass is 455 g/mol. The minimum Gasteiger partial charge on any atom is -0.295 e. The van der Waals surface area contributed by atoms with Crippen LogP contribution in [0.15, 0.2) is 83.9 Å². The summed E-state index contributed by atoms with van der Waals surface area (Å²) in [5, 5.41) is 2.99. The molecule has 0 aliphatic carbocycles. The molecule has 2 aromatic carbocycles. The summed E-state index contributed by atoms with van der Waals surface area (Å²) in [6.45, 7) is 1.89. The average Bonchev–Trinajstić information content (AvgIpc) is 3.27. The van der Waals surface area contributed by atoms with Gasteiger partial charge >= 0.3 is 5.91 Å². The zero-order valence-corrected chi connectivity index (χ0v) is 18.4. The number of hydrogen-bond donors (Lipinski definition) is 1. The standard InChI is InChI=1S/C26H19FN4O3/c1-16-12-14-30(15-13-16)23-21(25(33)31(26(23)34)19-11-7-6-10-18(19)27)20-22(28-29(2)24(20)32)17-8-4-3-5-9-17/h3-15H,1-2H3/p+1. The first kappa shape index (κ1) is 21.3. The van der Waals surface area contributed by atoms with Crippen LogP contribution in [-0.2, 0) is 16.6 Å². The lowest BCUT2D eigenvalue weighted by Gasteiger charge is -2.14. The Balaban J connectivity index is 1.82. The number of anilines is 1. The molecule has 7 nitrogen and oxygen atoms in total. The predicted octanol–water partition coefficient (Wildman–Crippen LogP) is 3.06. The van der Waals surface area contributed by atoms with Crippen LogP contribution in [0.2, 0.25) is 0 Å². The van der Waals surface area contributed by atoms with E-state index in [0.29, 0.717) is 11.3 Å². The molecule has 1 N–H and O–H groups in total. The van der Waals surface area contributed by atoms with Gasteiger partial charge in [-0.3, -0.25) is 24.2 Å². The Morgan fingerprint density at radius 1 is 0.853 bits per heavy atom. The van der Waals surface area contributed by atoms with Crippen molar-refractivity contribution in [2.45, 2.75) is 6.92 Å². The van der Waals surface area contributed by atoms with E-state index >= 15 is 0 Å². The summed E-state index contributed by atoms with van der Waals surface area (Å²) in [7, 11) is 1.54. The van der Waals surface area contributed by atoms with Crippen LogP contribution in [0.4, 0.5) is 10.1 Å². The molecule has 0 saturated carbocycles. The van der Waals surface area contributed by atoms with Crippen molar-refractivity contribution in [2.24, 2.45) is 7.05 Å². The minimum atomic E-state index is -0.771. The maximum Gasteiger partial charge on any atom is 0.331 e. The van der Waals surface area contributed by atoms with Gasteiger partial charge in [0.1, 0.15) is 11.4 Å². The first-order valence-electron chi connectivity index (χ1n) is 10.6. The largest absolute Gasteiger partial charge is 0.331 e. The molecule has 0 bridgehead atoms. The Morgan fingerprint density at radius 3 is 2.18 bits per heavy atom. The molecule has 2 amide bonds. The van der Waals surface area contributed by atoms with Gasteiger partial charge < -0.3 is 0 Å². The van der Waals surface area contributed by atoms with Crippen molar-refractivity contribution >= 4 is 28.8 Å². The number of hydrogen-bond acceptors (Lipinski definition) is 3. The molecule has 0 spiro atoms. The van der Waals surface area contributed by atoms with Crippen molar-refractivity contribution < 1.29 is 18.5 Å². The van der Waals surface area contributed by atoms with Gasteiger partial charge in [-0.25, -0.2) is 9.29 Å². The fraction of sp³-hybridized carbons (Fsp3) is 0.0769. The van der Waals surface area contributed by atoms with E-state index < -0.39 is 23.2 Å². The highest BCUT2D eigenvalue weighted by Crippen LogP contribution is 2.36. The highest BCUT2D eigenvalue weighted by molar-refractivity contribution is 6.53. The predicted molar refractivity (Wildman–Crippen MR) is 125 cm³/mol. The number of carbonyl (C=O) groups is 2. The third-order valence-corrected chi connectivity index (χ3v) is 5.77. The van der Waals surface area contributed by atoms with Crippen LogP contribution in [0.5, 0.6) is 0 Å². The molecule has 1 aliphatic rings. The molecule has 5 rings (SSSR count). The van der Waals surface area contributed by atoms with Crippen molar-refractivity contribution in [3.8, 4) is 11.3 Å². The lowest BCUT2D eigenvalue weighted by molar-refractivity contribution is -0.576. The number of nitrogens with zero attached hydrogens (tertiary/aromatic N) is 3. The first-order valence-corrected chi connectivity index (χ1v) is 10.6. The van der Waals surface area contributed by atoms with Crippen LogP contribution < -0.4 is 15.0 Å². The van der Waals surface area contributed by atoms with E-state index in [2.05, 4.69) is 5.10 Å². The number of benzene rings is 2. The molecule has 0 fully saturated rings. The lowest BCUT2D eigenvalue weighted by atomic mass is 10.0. The van der Waals surface area contributed by atoms with Crippen LogP contribution in [0, 0.1) is 12.7 Å². The highest BCUT2D eigenvalue weighted by Gasteiger charge is 2.48. The Morgan fingerprint density at radius 2 is 1.50 bits per heavy atom. The molecule has 0 atom stereocenters. The minimum absolute atomic E-state index is 0.0258. The summed E-state index contributed by atoms with van der Waals surface area (Å²) in [5.41, 5.74) is 1.29. The molecule has 2 aromatic heterocycles. The van der Waals surface area contributed by atoms with Crippen LogP contribution in [0.25, 0.3) is 22.5 Å². The molecular weight excluding hydrogens is 435 g/mol. The fourth-order valence-corrected chi connectivity index (χ4v) is 4.08. The van der Waals surface area contributed by atoms with Gasteiger partial charge in [0, 0.05) is 24.7 Å². The van der Waals surface area contributed by atoms with E-state index in [1.54, 1.807) is 42.7 Å². The second-order valence-electron chi connectivity index (χ2n) is 8.00. The second-order valence-corrected chi connectivity index (χ2v) is 8.00. The third kappa shape index (κ3) is 3.27. The van der Waals surface area contributed by atoms with Gasteiger partial charge in [-0.05, 0) is 24.6 Å². The van der Waals surface area contributed by atoms with Crippen LogP contribution in [-0.4, -0.2) is 21.6 Å². The van der Waals surface area contributed by atoms with Gasteiger partial charge in [-0.2, -0.15) is 4.57 Å². The smallest absolute Gasteiger partial charge is 0.295 e. The van der Waals surface area contributed by atoms with Crippen molar-refractivity contribution in [3.63, 3.8) is 0 Å². The summed E-state index contributed by atoms with van der Waals surface area (Å²) in [5.74, 6) is -2.21. The number of carbonyl (C=O) groups excluding carboxylic acids is 2. The molecule has 1 aliphatic heterocycles. The molecule has 8 heteroatoms. The molecular formula is C26H20FN4O3+. The molecule has 3 heterocycles. The number of H-pyrrole nitrogens is 1. The number of aromatic nitrogens is 3. The number of nitrogens with one attached hydrogen (secondary N) is 1. The third-order valence-electron chi connectivity index (χ3n) is 5.77. The number of pyridine rings is 1. The number of aromatic amines is 1. The van der Waals surface area contributed by atoms with Gasteiger partial charge in [-0.15, -0.1) is 0 Å². The first-order chi connectivity index (χ1) is 16.4. The number of rotatable bonds is 4. The zero-order valence-electron chi connectivity index (χ0n) is 18.4. The van der Waals surface area contributed by atoms with Gasteiger partial charge in [0.05, 0.1) is 16.9 Å². The maximum absolute atomic E-state index is 14.7. The maximum atomic E-state index is 14.7. The van der Waals surface area contributed by atoms with Gasteiger partial charge in [0.15, 0.2) is 12.4 Å². The topological polar surface area (TPSA) is 79.1 Å². The number of halogens is 1. The second kappa shape index (κ2) is 8.08. The van der Waals surface area contributed by atoms with E-state index in [0.717, 1.165) is 10.5 Å². The van der Waals surface area contributed by atoms with Crippen LogP contribution in [0.3, 0.4) is 0 Å². The van der Waals surface area contributed by atoms with Crippen molar-refractivity contribution in [3.05, 3.63) is 106 Å². The lowest BCUT2D eigenvalue weighted by Crippen LogP contribution is -2.39. The van der Waals surface area contributed by atoms with Crippen LogP contribution >= 0.6 is 0 Å². The fourth-order valence-electron chi connectivity index (χ4n) is 4.08. The SMILES string of the molecule is Cc1cc[n+](C2=C(c3c(-c4ccccc4)[nH]n(C)c3=O)C(=O)N(c3ccccc3F)C2=O)cc1. The van der Waals surface area contributed by atoms with Crippen molar-refractivity contribution in [2.75, 3.05) is 4.90 Å². The summed E-state index contributed by atoms with van der Waals surface area (Å²) in [6, 6.07) is 18.2. The Hall–Kier alpha value is -4.59. The summed E-state index contributed by atoms with van der Waals surface area (Å²) in [6.07, 6.45) is 3.28. The summed E-state index contributed by atoms with van der Waals surface area (Å²) >= 11 is 0. The van der Waals surface area contributed by atoms with Crippen molar-refractivity contribution in [1.29, 1.82) is 0 Å². The Kier molecular flexibility index (Phi) is 5.05. The molecule has 168 valence electrons. The quantitative estimate of drug-likeness (QED) is 0.380. The normalized spacial score (nSPS) is 13.8. The zero-order chi connectivity index (χ0) is 24.0. The van der Waals surface area contributed by atoms with Crippen molar-refractivity contribution in [1.82, 2.24) is 9.78 Å². The van der Waals surface area contributed by atoms with Gasteiger partial charge in [-0.1, -0.05) is 42.5 Å². The van der Waals surface area contributed by atoms with Gasteiger partial charge in [0.25, 0.3) is 17.2 Å². The van der Waals surface area contributed by atoms with Gasteiger partial charge in [0.2, 0.25) is 0 Å². The molecule has 0 radical (unpaired) electrons. The number of para-hydroxylation sites is 1. The molecule has 34 heavy (non-hydrogen) atoms. The molecule has 0 saturated heterocycles. The van der Waals surface area contributed by atoms with E-state index in [-0.39, 0.29) is 22.5 Å². The Bertz CT molecular complexity index is 1530. The van der Waals surface area contributed by atoms with E-state index in [1.807, 2.05) is 25.1 Å². The number of imide groups is 1. The van der Waals surface area contributed by atoms with E-state index in [4.69, 9.17) is 0 Å². The number of amides is 2. The van der Waals surface area contributed by atoms with Crippen LogP contribution in [0.1, 0.15) is 11.1 Å². The van der Waals surface area contributed by atoms with E-state index in [9.17, 15) is 18.8 Å². The van der Waals surface area contributed by atoms with E-state index in [1.165, 1.54) is 34.5 Å². The number of aryl methyl sites for hydroxylation is 2. The molecule has 0 unspecified atom stereocenters. The summed E-state index contributed by atoms with van der Waals surface area (Å²) in [4.78, 5) is 41.5. The average molecular weight is 455 g/mol. The highest BCUT2D eigenvalue weighted by atomic mass is 19.1. The Labute approximate surface area is 194 Å². The summed E-state index contributed by atoms with van der Waals surface area (Å²) < 4.78 is 17.4.